The Kier molecular flexibility index (Phi) is 4.23. The molecule has 0 aliphatic rings. The van der Waals surface area contributed by atoms with E-state index in [2.05, 4.69) is 0 Å². The SMILES string of the molecule is O=C(c1ccc(OCc2ccccc2)cc1)C(F)F. The Morgan fingerprint density at radius 2 is 1.63 bits per heavy atom. The van der Waals surface area contributed by atoms with Crippen molar-refractivity contribution < 1.29 is 18.3 Å². The lowest BCUT2D eigenvalue weighted by Crippen LogP contribution is -2.09. The fraction of sp³-hybridized carbons (Fsp3) is 0.133. The number of Topliss-reactive ketones (excluding diaryl/α,β-unsaturated/α-hetero) is 1. The maximum atomic E-state index is 12.2. The monoisotopic (exact) mass is 262 g/mol. The average Bonchev–Trinajstić information content (AvgIpc) is 2.46. The summed E-state index contributed by atoms with van der Waals surface area (Å²) in [6.07, 6.45) is -2.98. The molecule has 4 heteroatoms. The molecule has 0 N–H and O–H groups in total. The first kappa shape index (κ1) is 13.2. The Morgan fingerprint density at radius 3 is 2.21 bits per heavy atom. The molecule has 0 amide bonds. The largest absolute Gasteiger partial charge is 0.489 e. The second-order valence-corrected chi connectivity index (χ2v) is 3.96. The quantitative estimate of drug-likeness (QED) is 0.768. The van der Waals surface area contributed by atoms with E-state index in [-0.39, 0.29) is 5.56 Å². The van der Waals surface area contributed by atoms with Gasteiger partial charge < -0.3 is 4.74 Å². The van der Waals surface area contributed by atoms with E-state index >= 15 is 0 Å². The zero-order valence-corrected chi connectivity index (χ0v) is 10.1. The topological polar surface area (TPSA) is 26.3 Å². The lowest BCUT2D eigenvalue weighted by Gasteiger charge is -2.07. The predicted octanol–water partition coefficient (Wildman–Crippen LogP) is 3.71. The molecule has 0 spiro atoms. The zero-order valence-electron chi connectivity index (χ0n) is 10.1. The minimum atomic E-state index is -2.98. The average molecular weight is 262 g/mol. The molecule has 2 aromatic rings. The van der Waals surface area contributed by atoms with Crippen LogP contribution in [0.15, 0.2) is 54.6 Å². The number of alkyl halides is 2. The minimum absolute atomic E-state index is 0.0120. The van der Waals surface area contributed by atoms with Crippen molar-refractivity contribution in [1.29, 1.82) is 0 Å². The molecule has 0 bridgehead atoms. The molecule has 2 nitrogen and oxygen atoms in total. The number of hydrogen-bond acceptors (Lipinski definition) is 2. The molecule has 0 saturated carbocycles. The second kappa shape index (κ2) is 6.09. The first-order valence-corrected chi connectivity index (χ1v) is 5.76. The van der Waals surface area contributed by atoms with Gasteiger partial charge in [-0.1, -0.05) is 30.3 Å². The summed E-state index contributed by atoms with van der Waals surface area (Å²) in [7, 11) is 0. The number of carbonyl (C=O) groups excluding carboxylic acids is 1. The van der Waals surface area contributed by atoms with Crippen molar-refractivity contribution in [2.75, 3.05) is 0 Å². The molecule has 0 aliphatic heterocycles. The third-order valence-corrected chi connectivity index (χ3v) is 2.59. The fourth-order valence-corrected chi connectivity index (χ4v) is 1.58. The molecule has 19 heavy (non-hydrogen) atoms. The van der Waals surface area contributed by atoms with Gasteiger partial charge >= 0.3 is 6.43 Å². The van der Waals surface area contributed by atoms with Crippen LogP contribution in [0, 0.1) is 0 Å². The van der Waals surface area contributed by atoms with Crippen LogP contribution in [0.3, 0.4) is 0 Å². The maximum absolute atomic E-state index is 12.2. The van der Waals surface area contributed by atoms with Crippen molar-refractivity contribution in [3.05, 3.63) is 65.7 Å². The highest BCUT2D eigenvalue weighted by Crippen LogP contribution is 2.16. The first-order valence-electron chi connectivity index (χ1n) is 5.76. The smallest absolute Gasteiger partial charge is 0.300 e. The van der Waals surface area contributed by atoms with E-state index in [0.717, 1.165) is 5.56 Å². The Balaban J connectivity index is 1.98. The summed E-state index contributed by atoms with van der Waals surface area (Å²) in [6, 6.07) is 15.3. The highest BCUT2D eigenvalue weighted by molar-refractivity contribution is 5.98. The molecule has 0 fully saturated rings. The number of benzene rings is 2. The van der Waals surface area contributed by atoms with Gasteiger partial charge in [0.15, 0.2) is 0 Å². The molecule has 98 valence electrons. The standard InChI is InChI=1S/C15H12F2O2/c16-15(17)14(18)12-6-8-13(9-7-12)19-10-11-4-2-1-3-5-11/h1-9,15H,10H2. The Bertz CT molecular complexity index is 536. The maximum Gasteiger partial charge on any atom is 0.300 e. The van der Waals surface area contributed by atoms with Crippen molar-refractivity contribution in [3.63, 3.8) is 0 Å². The summed E-state index contributed by atoms with van der Waals surface area (Å²) < 4.78 is 29.9. The Labute approximate surface area is 109 Å². The number of halogens is 2. The van der Waals surface area contributed by atoms with Crippen molar-refractivity contribution in [3.8, 4) is 5.75 Å². The highest BCUT2D eigenvalue weighted by atomic mass is 19.3. The molecule has 0 saturated heterocycles. The van der Waals surface area contributed by atoms with E-state index in [9.17, 15) is 13.6 Å². The van der Waals surface area contributed by atoms with Gasteiger partial charge in [0.25, 0.3) is 0 Å². The molecule has 0 aromatic heterocycles. The lowest BCUT2D eigenvalue weighted by atomic mass is 10.1. The summed E-state index contributed by atoms with van der Waals surface area (Å²) in [5.41, 5.74) is 0.997. The van der Waals surface area contributed by atoms with Gasteiger partial charge in [0, 0.05) is 5.56 Å². The molecule has 0 radical (unpaired) electrons. The molecule has 0 atom stereocenters. The van der Waals surface area contributed by atoms with E-state index in [1.54, 1.807) is 0 Å². The van der Waals surface area contributed by atoms with E-state index in [4.69, 9.17) is 4.74 Å². The van der Waals surface area contributed by atoms with Crippen LogP contribution < -0.4 is 4.74 Å². The number of ketones is 1. The number of carbonyl (C=O) groups is 1. The van der Waals surface area contributed by atoms with Gasteiger partial charge in [-0.2, -0.15) is 0 Å². The summed E-state index contributed by atoms with van der Waals surface area (Å²) in [4.78, 5) is 11.0. The third kappa shape index (κ3) is 3.61. The van der Waals surface area contributed by atoms with E-state index in [1.165, 1.54) is 24.3 Å². The molecule has 0 heterocycles. The van der Waals surface area contributed by atoms with Gasteiger partial charge in [-0.05, 0) is 29.8 Å². The van der Waals surface area contributed by atoms with Gasteiger partial charge in [-0.15, -0.1) is 0 Å². The molecular weight excluding hydrogens is 250 g/mol. The summed E-state index contributed by atoms with van der Waals surface area (Å²) in [5.74, 6) is -0.635. The Hall–Kier alpha value is -2.23. The summed E-state index contributed by atoms with van der Waals surface area (Å²) in [5, 5.41) is 0. The van der Waals surface area contributed by atoms with E-state index in [0.29, 0.717) is 12.4 Å². The molecule has 2 rings (SSSR count). The second-order valence-electron chi connectivity index (χ2n) is 3.96. The summed E-state index contributed by atoms with van der Waals surface area (Å²) in [6.45, 7) is 0.392. The molecule has 2 aromatic carbocycles. The highest BCUT2D eigenvalue weighted by Gasteiger charge is 2.17. The van der Waals surface area contributed by atoms with Crippen molar-refractivity contribution in [1.82, 2.24) is 0 Å². The molecule has 0 unspecified atom stereocenters. The lowest BCUT2D eigenvalue weighted by molar-refractivity contribution is 0.0678. The van der Waals surface area contributed by atoms with Gasteiger partial charge in [0.05, 0.1) is 0 Å². The van der Waals surface area contributed by atoms with Gasteiger partial charge in [-0.3, -0.25) is 4.79 Å². The third-order valence-electron chi connectivity index (χ3n) is 2.59. The van der Waals surface area contributed by atoms with Crippen LogP contribution in [-0.2, 0) is 6.61 Å². The number of rotatable bonds is 5. The van der Waals surface area contributed by atoms with Crippen LogP contribution in [0.1, 0.15) is 15.9 Å². The van der Waals surface area contributed by atoms with Crippen LogP contribution in [0.4, 0.5) is 8.78 Å². The molecule has 0 aliphatic carbocycles. The fourth-order valence-electron chi connectivity index (χ4n) is 1.58. The molecular formula is C15H12F2O2. The van der Waals surface area contributed by atoms with Gasteiger partial charge in [-0.25, -0.2) is 8.78 Å². The number of ether oxygens (including phenoxy) is 1. The summed E-state index contributed by atoms with van der Waals surface area (Å²) >= 11 is 0. The van der Waals surface area contributed by atoms with Crippen LogP contribution in [0.25, 0.3) is 0 Å². The predicted molar refractivity (Wildman–Crippen MR) is 67.6 cm³/mol. The van der Waals surface area contributed by atoms with Gasteiger partial charge in [0.1, 0.15) is 12.4 Å². The van der Waals surface area contributed by atoms with E-state index < -0.39 is 12.2 Å². The van der Waals surface area contributed by atoms with Crippen LogP contribution in [-0.4, -0.2) is 12.2 Å². The minimum Gasteiger partial charge on any atom is -0.489 e. The van der Waals surface area contributed by atoms with Gasteiger partial charge in [0.2, 0.25) is 5.78 Å². The van der Waals surface area contributed by atoms with Crippen LogP contribution in [0.2, 0.25) is 0 Å². The van der Waals surface area contributed by atoms with E-state index in [1.807, 2.05) is 30.3 Å². The first-order chi connectivity index (χ1) is 9.16. The van der Waals surface area contributed by atoms with Crippen molar-refractivity contribution in [2.24, 2.45) is 0 Å². The number of hydrogen-bond donors (Lipinski definition) is 0. The zero-order chi connectivity index (χ0) is 13.7. The Morgan fingerprint density at radius 1 is 1.00 bits per heavy atom. The normalized spacial score (nSPS) is 10.5. The van der Waals surface area contributed by atoms with Crippen molar-refractivity contribution >= 4 is 5.78 Å². The van der Waals surface area contributed by atoms with Crippen LogP contribution >= 0.6 is 0 Å². The van der Waals surface area contributed by atoms with Crippen LogP contribution in [0.5, 0.6) is 5.75 Å². The van der Waals surface area contributed by atoms with Crippen molar-refractivity contribution in [2.45, 2.75) is 13.0 Å².